The fourth-order valence-corrected chi connectivity index (χ4v) is 2.96. The second kappa shape index (κ2) is 7.56. The summed E-state index contributed by atoms with van der Waals surface area (Å²) in [5.74, 6) is -0.0985. The standard InChI is InChI=1S/C17H25FN2O2/c1-12(2)10-16(21)20-9-5-8-15(20)17(22)19-11-13-6-3-4-7-14(13)18/h6-7,12,15H,3-5,8-11H2,1-2H3,(H,19,22). The van der Waals surface area contributed by atoms with Crippen molar-refractivity contribution in [2.24, 2.45) is 5.92 Å². The van der Waals surface area contributed by atoms with Gasteiger partial charge < -0.3 is 10.2 Å². The minimum Gasteiger partial charge on any atom is -0.350 e. The Kier molecular flexibility index (Phi) is 5.75. The predicted molar refractivity (Wildman–Crippen MR) is 83.7 cm³/mol. The molecule has 5 heteroatoms. The van der Waals surface area contributed by atoms with Gasteiger partial charge in [0.25, 0.3) is 0 Å². The molecule has 1 heterocycles. The zero-order chi connectivity index (χ0) is 16.1. The van der Waals surface area contributed by atoms with Gasteiger partial charge in [0, 0.05) is 25.1 Å². The van der Waals surface area contributed by atoms with Crippen LogP contribution < -0.4 is 5.32 Å². The topological polar surface area (TPSA) is 49.4 Å². The van der Waals surface area contributed by atoms with Crippen molar-refractivity contribution in [1.82, 2.24) is 10.2 Å². The Hall–Kier alpha value is -1.65. The molecule has 2 rings (SSSR count). The van der Waals surface area contributed by atoms with Crippen LogP contribution in [0.2, 0.25) is 0 Å². The number of halogens is 1. The zero-order valence-electron chi connectivity index (χ0n) is 13.4. The van der Waals surface area contributed by atoms with E-state index >= 15 is 0 Å². The minimum absolute atomic E-state index is 0.0376. The Morgan fingerprint density at radius 1 is 1.36 bits per heavy atom. The summed E-state index contributed by atoms with van der Waals surface area (Å²) in [6.45, 7) is 4.83. The van der Waals surface area contributed by atoms with Gasteiger partial charge in [0.05, 0.1) is 0 Å². The van der Waals surface area contributed by atoms with Gasteiger partial charge in [-0.25, -0.2) is 4.39 Å². The normalized spacial score (nSPS) is 21.6. The van der Waals surface area contributed by atoms with E-state index in [0.29, 0.717) is 31.4 Å². The van der Waals surface area contributed by atoms with Crippen molar-refractivity contribution in [3.8, 4) is 0 Å². The van der Waals surface area contributed by atoms with Gasteiger partial charge in [-0.05, 0) is 37.7 Å². The first-order valence-electron chi connectivity index (χ1n) is 8.11. The molecule has 122 valence electrons. The van der Waals surface area contributed by atoms with Crippen molar-refractivity contribution < 1.29 is 14.0 Å². The summed E-state index contributed by atoms with van der Waals surface area (Å²) in [5, 5.41) is 2.78. The second-order valence-corrected chi connectivity index (χ2v) is 6.42. The van der Waals surface area contributed by atoms with Crippen LogP contribution in [0.3, 0.4) is 0 Å². The van der Waals surface area contributed by atoms with Crippen LogP contribution in [0.5, 0.6) is 0 Å². The average Bonchev–Trinajstić information content (AvgIpc) is 2.95. The molecule has 1 fully saturated rings. The Labute approximate surface area is 131 Å². The highest BCUT2D eigenvalue weighted by Crippen LogP contribution is 2.21. The van der Waals surface area contributed by atoms with Crippen LogP contribution in [0.25, 0.3) is 0 Å². The van der Waals surface area contributed by atoms with Crippen molar-refractivity contribution >= 4 is 11.8 Å². The molecule has 1 unspecified atom stereocenters. The van der Waals surface area contributed by atoms with E-state index in [9.17, 15) is 14.0 Å². The van der Waals surface area contributed by atoms with Crippen molar-refractivity contribution in [2.75, 3.05) is 13.1 Å². The third-order valence-electron chi connectivity index (χ3n) is 4.10. The number of nitrogens with one attached hydrogen (secondary N) is 1. The van der Waals surface area contributed by atoms with E-state index in [1.54, 1.807) is 11.0 Å². The molecule has 1 atom stereocenters. The number of likely N-dealkylation sites (tertiary alicyclic amines) is 1. The molecule has 1 saturated heterocycles. The molecule has 22 heavy (non-hydrogen) atoms. The molecule has 0 aromatic heterocycles. The quantitative estimate of drug-likeness (QED) is 0.849. The molecule has 2 aliphatic rings. The maximum atomic E-state index is 13.6. The lowest BCUT2D eigenvalue weighted by atomic mass is 10.1. The Bertz CT molecular complexity index is 497. The lowest BCUT2D eigenvalue weighted by molar-refractivity contribution is -0.138. The molecule has 4 nitrogen and oxygen atoms in total. The first kappa shape index (κ1) is 16.7. The smallest absolute Gasteiger partial charge is 0.243 e. The average molecular weight is 308 g/mol. The van der Waals surface area contributed by atoms with E-state index in [4.69, 9.17) is 0 Å². The molecule has 0 radical (unpaired) electrons. The molecule has 1 aliphatic heterocycles. The van der Waals surface area contributed by atoms with Crippen molar-refractivity contribution in [1.29, 1.82) is 0 Å². The lowest BCUT2D eigenvalue weighted by Gasteiger charge is -2.25. The van der Waals surface area contributed by atoms with Gasteiger partial charge in [-0.3, -0.25) is 9.59 Å². The Balaban J connectivity index is 1.89. The summed E-state index contributed by atoms with van der Waals surface area (Å²) in [5.41, 5.74) is 0.539. The third kappa shape index (κ3) is 4.18. The van der Waals surface area contributed by atoms with Crippen LogP contribution in [0, 0.1) is 5.92 Å². The van der Waals surface area contributed by atoms with Crippen LogP contribution in [0.4, 0.5) is 4.39 Å². The largest absolute Gasteiger partial charge is 0.350 e. The fraction of sp³-hybridized carbons (Fsp3) is 0.647. The number of nitrogens with zero attached hydrogens (tertiary/aromatic N) is 1. The van der Waals surface area contributed by atoms with Crippen LogP contribution in [0.1, 0.15) is 46.0 Å². The molecule has 2 amide bonds. The lowest BCUT2D eigenvalue weighted by Crippen LogP contribution is -2.46. The van der Waals surface area contributed by atoms with Gasteiger partial charge in [0.15, 0.2) is 0 Å². The summed E-state index contributed by atoms with van der Waals surface area (Å²) in [4.78, 5) is 26.2. The Morgan fingerprint density at radius 3 is 2.77 bits per heavy atom. The highest BCUT2D eigenvalue weighted by atomic mass is 19.1. The molecule has 0 aromatic carbocycles. The third-order valence-corrected chi connectivity index (χ3v) is 4.10. The number of carbonyl (C=O) groups excluding carboxylic acids is 2. The van der Waals surface area contributed by atoms with Gasteiger partial charge >= 0.3 is 0 Å². The maximum absolute atomic E-state index is 13.6. The predicted octanol–water partition coefficient (Wildman–Crippen LogP) is 2.71. The monoisotopic (exact) mass is 308 g/mol. The van der Waals surface area contributed by atoms with E-state index < -0.39 is 6.04 Å². The summed E-state index contributed by atoms with van der Waals surface area (Å²) in [7, 11) is 0. The first-order chi connectivity index (χ1) is 10.5. The van der Waals surface area contributed by atoms with E-state index in [2.05, 4.69) is 5.32 Å². The van der Waals surface area contributed by atoms with E-state index in [-0.39, 0.29) is 30.1 Å². The number of hydrogen-bond donors (Lipinski definition) is 1. The van der Waals surface area contributed by atoms with E-state index in [0.717, 1.165) is 12.8 Å². The van der Waals surface area contributed by atoms with Crippen molar-refractivity contribution in [3.05, 3.63) is 23.6 Å². The fourth-order valence-electron chi connectivity index (χ4n) is 2.96. The number of rotatable bonds is 5. The molecular formula is C17H25FN2O2. The van der Waals surface area contributed by atoms with Gasteiger partial charge in [0.1, 0.15) is 11.9 Å². The molecular weight excluding hydrogens is 283 g/mol. The molecule has 0 bridgehead atoms. The van der Waals surface area contributed by atoms with Crippen LogP contribution in [0.15, 0.2) is 23.6 Å². The Morgan fingerprint density at radius 2 is 2.09 bits per heavy atom. The van der Waals surface area contributed by atoms with Gasteiger partial charge in [-0.2, -0.15) is 0 Å². The number of amides is 2. The zero-order valence-corrected chi connectivity index (χ0v) is 13.4. The summed E-state index contributed by atoms with van der Waals surface area (Å²) in [6.07, 6.45) is 6.89. The van der Waals surface area contributed by atoms with Gasteiger partial charge in [-0.1, -0.05) is 19.9 Å². The summed E-state index contributed by atoms with van der Waals surface area (Å²) in [6, 6.07) is -0.400. The van der Waals surface area contributed by atoms with Gasteiger partial charge in [0.2, 0.25) is 11.8 Å². The number of carbonyl (C=O) groups is 2. The van der Waals surface area contributed by atoms with Gasteiger partial charge in [-0.15, -0.1) is 0 Å². The minimum atomic E-state index is -0.400. The number of hydrogen-bond acceptors (Lipinski definition) is 2. The maximum Gasteiger partial charge on any atom is 0.243 e. The van der Waals surface area contributed by atoms with E-state index in [1.807, 2.05) is 19.9 Å². The van der Waals surface area contributed by atoms with Crippen LogP contribution in [-0.2, 0) is 9.59 Å². The highest BCUT2D eigenvalue weighted by molar-refractivity contribution is 5.88. The molecule has 0 aromatic rings. The van der Waals surface area contributed by atoms with Crippen LogP contribution in [-0.4, -0.2) is 35.8 Å². The van der Waals surface area contributed by atoms with Crippen molar-refractivity contribution in [3.63, 3.8) is 0 Å². The molecule has 0 spiro atoms. The number of allylic oxidation sites excluding steroid dienone is 2. The van der Waals surface area contributed by atoms with E-state index in [1.165, 1.54) is 0 Å². The molecule has 1 N–H and O–H groups in total. The molecule has 1 aliphatic carbocycles. The summed E-state index contributed by atoms with van der Waals surface area (Å²) < 4.78 is 13.6. The second-order valence-electron chi connectivity index (χ2n) is 6.42. The highest BCUT2D eigenvalue weighted by Gasteiger charge is 2.33. The summed E-state index contributed by atoms with van der Waals surface area (Å²) >= 11 is 0. The SMILES string of the molecule is CC(C)CC(=O)N1CCCC1C(=O)NCC1=CCCC=C1F. The molecule has 0 saturated carbocycles. The first-order valence-corrected chi connectivity index (χ1v) is 8.11. The van der Waals surface area contributed by atoms with Crippen molar-refractivity contribution in [2.45, 2.75) is 52.0 Å². The van der Waals surface area contributed by atoms with Crippen LogP contribution >= 0.6 is 0 Å².